The Kier molecular flexibility index (Phi) is 3.71. The van der Waals surface area contributed by atoms with E-state index in [9.17, 15) is 18.5 Å². The summed E-state index contributed by atoms with van der Waals surface area (Å²) in [5.41, 5.74) is 0.0517. The normalized spacial score (nSPS) is 20.4. The van der Waals surface area contributed by atoms with Gasteiger partial charge in [0.05, 0.1) is 32.5 Å². The first-order chi connectivity index (χ1) is 8.78. The number of nitrogens with one attached hydrogen (secondary N) is 1. The fourth-order valence-corrected chi connectivity index (χ4v) is 3.47. The second kappa shape index (κ2) is 4.99. The number of halogens is 2. The predicted molar refractivity (Wildman–Crippen MR) is 73.5 cm³/mol. The van der Waals surface area contributed by atoms with Crippen LogP contribution >= 0.6 is 23.2 Å². The van der Waals surface area contributed by atoms with E-state index in [4.69, 9.17) is 23.2 Å². The van der Waals surface area contributed by atoms with E-state index in [-0.39, 0.29) is 27.2 Å². The summed E-state index contributed by atoms with van der Waals surface area (Å²) < 4.78 is 22.5. The van der Waals surface area contributed by atoms with Gasteiger partial charge in [-0.3, -0.25) is 10.1 Å². The van der Waals surface area contributed by atoms with Crippen molar-refractivity contribution in [1.29, 1.82) is 0 Å². The second-order valence-corrected chi connectivity index (χ2v) is 6.70. The quantitative estimate of drug-likeness (QED) is 0.682. The number of nitro benzene ring substituents is 1. The molecule has 0 aromatic heterocycles. The van der Waals surface area contributed by atoms with Crippen LogP contribution in [0.15, 0.2) is 23.6 Å². The lowest BCUT2D eigenvalue weighted by Gasteiger charge is -2.14. The number of sulfone groups is 1. The van der Waals surface area contributed by atoms with Gasteiger partial charge in [0, 0.05) is 17.5 Å². The molecule has 0 saturated carbocycles. The molecule has 0 fully saturated rings. The summed E-state index contributed by atoms with van der Waals surface area (Å²) in [5.74, 6) is -0.101. The zero-order valence-electron chi connectivity index (χ0n) is 9.34. The molecule has 1 heterocycles. The van der Waals surface area contributed by atoms with Crippen molar-refractivity contribution in [2.75, 3.05) is 11.1 Å². The molecule has 19 heavy (non-hydrogen) atoms. The number of rotatable bonds is 3. The molecule has 0 spiro atoms. The maximum atomic E-state index is 11.3. The maximum absolute atomic E-state index is 11.3. The first-order valence-corrected chi connectivity index (χ1v) is 7.56. The van der Waals surface area contributed by atoms with Gasteiger partial charge in [-0.2, -0.15) is 0 Å². The van der Waals surface area contributed by atoms with Crippen LogP contribution in [-0.2, 0) is 9.84 Å². The minimum atomic E-state index is -3.20. The smallest absolute Gasteiger partial charge is 0.272 e. The topological polar surface area (TPSA) is 89.3 Å². The Balaban J connectivity index is 2.27. The number of anilines is 1. The Morgan fingerprint density at radius 2 is 1.89 bits per heavy atom. The van der Waals surface area contributed by atoms with Gasteiger partial charge in [-0.15, -0.1) is 0 Å². The summed E-state index contributed by atoms with van der Waals surface area (Å²) in [6.45, 7) is 0. The zero-order chi connectivity index (χ0) is 14.2. The number of nitrogens with zero attached hydrogens (tertiary/aromatic N) is 1. The second-order valence-electron chi connectivity index (χ2n) is 3.95. The molecule has 0 bridgehead atoms. The molecule has 1 aromatic rings. The molecule has 1 atom stereocenters. The fraction of sp³-hybridized carbons (Fsp3) is 0.200. The predicted octanol–water partition coefficient (Wildman–Crippen LogP) is 2.62. The van der Waals surface area contributed by atoms with E-state index < -0.39 is 20.8 Å². The van der Waals surface area contributed by atoms with Crippen molar-refractivity contribution in [3.63, 3.8) is 0 Å². The van der Waals surface area contributed by atoms with Crippen molar-refractivity contribution in [1.82, 2.24) is 0 Å². The summed E-state index contributed by atoms with van der Waals surface area (Å²) in [6, 6.07) is 1.85. The summed E-state index contributed by atoms with van der Waals surface area (Å²) in [5, 5.41) is 14.7. The lowest BCUT2D eigenvalue weighted by molar-refractivity contribution is -0.384. The zero-order valence-corrected chi connectivity index (χ0v) is 11.7. The van der Waals surface area contributed by atoms with E-state index in [1.165, 1.54) is 6.08 Å². The third-order valence-corrected chi connectivity index (χ3v) is 4.49. The Morgan fingerprint density at radius 3 is 2.32 bits per heavy atom. The Hall–Kier alpha value is -1.31. The number of hydrogen-bond acceptors (Lipinski definition) is 5. The van der Waals surface area contributed by atoms with Crippen LogP contribution in [0.3, 0.4) is 0 Å². The molecule has 1 aliphatic heterocycles. The lowest BCUT2D eigenvalue weighted by atomic mass is 10.2. The van der Waals surface area contributed by atoms with E-state index in [0.29, 0.717) is 0 Å². The summed E-state index contributed by atoms with van der Waals surface area (Å²) in [7, 11) is -3.20. The van der Waals surface area contributed by atoms with Crippen LogP contribution in [0, 0.1) is 10.1 Å². The van der Waals surface area contributed by atoms with Crippen molar-refractivity contribution in [3.05, 3.63) is 43.8 Å². The fourth-order valence-electron chi connectivity index (χ4n) is 1.65. The molecule has 9 heteroatoms. The maximum Gasteiger partial charge on any atom is 0.272 e. The van der Waals surface area contributed by atoms with Crippen molar-refractivity contribution in [2.24, 2.45) is 0 Å². The number of non-ortho nitro benzene ring substituents is 1. The van der Waals surface area contributed by atoms with Gasteiger partial charge >= 0.3 is 0 Å². The van der Waals surface area contributed by atoms with Gasteiger partial charge in [-0.05, 0) is 0 Å². The van der Waals surface area contributed by atoms with Gasteiger partial charge in [0.15, 0.2) is 9.84 Å². The highest BCUT2D eigenvalue weighted by molar-refractivity contribution is 7.94. The molecule has 0 saturated heterocycles. The molecule has 1 aromatic carbocycles. The molecular formula is C10H8Cl2N2O4S. The van der Waals surface area contributed by atoms with E-state index in [2.05, 4.69) is 5.32 Å². The van der Waals surface area contributed by atoms with Gasteiger partial charge in [0.2, 0.25) is 0 Å². The van der Waals surface area contributed by atoms with Crippen LogP contribution in [-0.4, -0.2) is 25.1 Å². The number of nitro groups is 1. The van der Waals surface area contributed by atoms with Crippen molar-refractivity contribution in [2.45, 2.75) is 6.04 Å². The first-order valence-electron chi connectivity index (χ1n) is 5.09. The van der Waals surface area contributed by atoms with Gasteiger partial charge in [0.25, 0.3) is 5.69 Å². The number of hydrogen-bond donors (Lipinski definition) is 1. The van der Waals surface area contributed by atoms with E-state index in [1.807, 2.05) is 0 Å². The molecule has 0 radical (unpaired) electrons. The van der Waals surface area contributed by atoms with Crippen molar-refractivity contribution in [3.8, 4) is 0 Å². The highest BCUT2D eigenvalue weighted by Gasteiger charge is 2.23. The summed E-state index contributed by atoms with van der Waals surface area (Å²) in [4.78, 5) is 10.0. The van der Waals surface area contributed by atoms with E-state index >= 15 is 0 Å². The molecule has 0 amide bonds. The van der Waals surface area contributed by atoms with Crippen LogP contribution < -0.4 is 5.32 Å². The van der Waals surface area contributed by atoms with E-state index in [0.717, 1.165) is 17.5 Å². The Morgan fingerprint density at radius 1 is 1.32 bits per heavy atom. The van der Waals surface area contributed by atoms with Crippen LogP contribution in [0.4, 0.5) is 11.4 Å². The van der Waals surface area contributed by atoms with Crippen LogP contribution in [0.25, 0.3) is 0 Å². The van der Waals surface area contributed by atoms with Crippen LogP contribution in [0.2, 0.25) is 10.0 Å². The van der Waals surface area contributed by atoms with Crippen molar-refractivity contribution >= 4 is 44.4 Å². The molecule has 6 nitrogen and oxygen atoms in total. The lowest BCUT2D eigenvalue weighted by Crippen LogP contribution is -2.21. The summed E-state index contributed by atoms with van der Waals surface area (Å²) >= 11 is 11.8. The average molecular weight is 323 g/mol. The standard InChI is InChI=1S/C10H8Cl2N2O4S/c11-8-3-7(14(15)16)4-9(12)10(8)13-6-1-2-19(17,18)5-6/h1-4,6,13H,5H2. The Bertz CT molecular complexity index is 649. The molecule has 1 aliphatic rings. The van der Waals surface area contributed by atoms with Gasteiger partial charge in [0.1, 0.15) is 0 Å². The number of benzene rings is 1. The Labute approximate surface area is 119 Å². The SMILES string of the molecule is O=[N+]([O-])c1cc(Cl)c(NC2C=CS(=O)(=O)C2)c(Cl)c1. The highest BCUT2D eigenvalue weighted by atomic mass is 35.5. The summed E-state index contributed by atoms with van der Waals surface area (Å²) in [6.07, 6.45) is 1.48. The minimum absolute atomic E-state index is 0.0666. The molecule has 1 N–H and O–H groups in total. The van der Waals surface area contributed by atoms with E-state index in [1.54, 1.807) is 0 Å². The monoisotopic (exact) mass is 322 g/mol. The third kappa shape index (κ3) is 3.17. The van der Waals surface area contributed by atoms with Gasteiger partial charge in [-0.25, -0.2) is 8.42 Å². The molecule has 1 unspecified atom stereocenters. The van der Waals surface area contributed by atoms with Crippen LogP contribution in [0.5, 0.6) is 0 Å². The van der Waals surface area contributed by atoms with Crippen LogP contribution in [0.1, 0.15) is 0 Å². The van der Waals surface area contributed by atoms with Gasteiger partial charge in [-0.1, -0.05) is 29.3 Å². The third-order valence-electron chi connectivity index (χ3n) is 2.50. The first kappa shape index (κ1) is 14.1. The highest BCUT2D eigenvalue weighted by Crippen LogP contribution is 2.35. The molecular weight excluding hydrogens is 315 g/mol. The van der Waals surface area contributed by atoms with Crippen molar-refractivity contribution < 1.29 is 13.3 Å². The average Bonchev–Trinajstić information content (AvgIpc) is 2.63. The molecule has 0 aliphatic carbocycles. The molecule has 2 rings (SSSR count). The minimum Gasteiger partial charge on any atom is -0.375 e. The largest absolute Gasteiger partial charge is 0.375 e. The van der Waals surface area contributed by atoms with Gasteiger partial charge < -0.3 is 5.32 Å². The molecule has 102 valence electrons.